The molecule has 0 spiro atoms. The number of thioether (sulfide) groups is 1. The van der Waals surface area contributed by atoms with Crippen LogP contribution in [0.25, 0.3) is 0 Å². The molecule has 20 heavy (non-hydrogen) atoms. The Bertz CT molecular complexity index is 568. The van der Waals surface area contributed by atoms with Crippen molar-refractivity contribution >= 4 is 29.0 Å². The maximum absolute atomic E-state index is 12.2. The first-order valence-electron chi connectivity index (χ1n) is 6.50. The minimum atomic E-state index is -0.147. The average Bonchev–Trinajstić information content (AvgIpc) is 2.85. The van der Waals surface area contributed by atoms with Crippen molar-refractivity contribution in [3.05, 3.63) is 47.0 Å². The largest absolute Gasteiger partial charge is 0.349 e. The van der Waals surface area contributed by atoms with E-state index in [1.165, 1.54) is 11.8 Å². The fraction of sp³-hybridized carbons (Fsp3) is 0.333. The quantitative estimate of drug-likeness (QED) is 0.854. The number of rotatable bonds is 5. The molecule has 5 heteroatoms. The molecule has 1 amide bonds. The molecule has 1 N–H and O–H groups in total. The van der Waals surface area contributed by atoms with E-state index in [0.717, 1.165) is 15.6 Å². The van der Waals surface area contributed by atoms with E-state index >= 15 is 0 Å². The van der Waals surface area contributed by atoms with E-state index in [1.807, 2.05) is 56.5 Å². The number of carbonyl (C=O) groups is 1. The molecule has 3 nitrogen and oxygen atoms in total. The van der Waals surface area contributed by atoms with Crippen LogP contribution in [0.15, 0.2) is 40.1 Å². The van der Waals surface area contributed by atoms with Gasteiger partial charge in [-0.05, 0) is 26.3 Å². The van der Waals surface area contributed by atoms with Gasteiger partial charge in [0.15, 0.2) is 4.34 Å². The number of benzene rings is 1. The van der Waals surface area contributed by atoms with Crippen molar-refractivity contribution in [1.82, 2.24) is 10.3 Å². The van der Waals surface area contributed by atoms with Crippen LogP contribution in [0.2, 0.25) is 0 Å². The fourth-order valence-corrected chi connectivity index (χ4v) is 3.74. The third-order valence-electron chi connectivity index (χ3n) is 2.90. The third kappa shape index (κ3) is 4.08. The second-order valence-electron chi connectivity index (χ2n) is 4.66. The number of amides is 1. The first kappa shape index (κ1) is 15.1. The Morgan fingerprint density at radius 3 is 2.60 bits per heavy atom. The SMILES string of the molecule is Cc1csc(S[C@H](C)C(=O)N[C@@H](C)c2ccccc2)n1. The molecule has 1 aromatic heterocycles. The number of nitrogens with zero attached hydrogens (tertiary/aromatic N) is 1. The van der Waals surface area contributed by atoms with Gasteiger partial charge in [0.2, 0.25) is 5.91 Å². The molecule has 2 aromatic rings. The summed E-state index contributed by atoms with van der Waals surface area (Å²) >= 11 is 3.09. The minimum absolute atomic E-state index is 0.0183. The highest BCUT2D eigenvalue weighted by atomic mass is 32.2. The molecule has 0 aliphatic carbocycles. The summed E-state index contributed by atoms with van der Waals surface area (Å²) in [5, 5.41) is 4.89. The summed E-state index contributed by atoms with van der Waals surface area (Å²) in [4.78, 5) is 16.6. The lowest BCUT2D eigenvalue weighted by Crippen LogP contribution is -2.33. The van der Waals surface area contributed by atoms with Gasteiger partial charge in [-0.15, -0.1) is 11.3 Å². The predicted molar refractivity (Wildman–Crippen MR) is 85.2 cm³/mol. The molecule has 0 bridgehead atoms. The molecule has 106 valence electrons. The predicted octanol–water partition coefficient (Wildman–Crippen LogP) is 3.81. The highest BCUT2D eigenvalue weighted by Crippen LogP contribution is 2.27. The first-order chi connectivity index (χ1) is 9.56. The second kappa shape index (κ2) is 6.90. The van der Waals surface area contributed by atoms with Crippen molar-refractivity contribution in [3.8, 4) is 0 Å². The van der Waals surface area contributed by atoms with Gasteiger partial charge in [-0.25, -0.2) is 4.98 Å². The molecule has 1 aromatic carbocycles. The topological polar surface area (TPSA) is 42.0 Å². The second-order valence-corrected chi connectivity index (χ2v) is 7.10. The summed E-state index contributed by atoms with van der Waals surface area (Å²) in [6.07, 6.45) is 0. The number of carbonyl (C=O) groups excluding carboxylic acids is 1. The molecule has 0 unspecified atom stereocenters. The highest BCUT2D eigenvalue weighted by Gasteiger charge is 2.18. The van der Waals surface area contributed by atoms with Crippen molar-refractivity contribution in [2.24, 2.45) is 0 Å². The molecule has 1 heterocycles. The molecular formula is C15H18N2OS2. The fourth-order valence-electron chi connectivity index (χ4n) is 1.75. The van der Waals surface area contributed by atoms with E-state index in [2.05, 4.69) is 10.3 Å². The molecule has 0 aliphatic heterocycles. The minimum Gasteiger partial charge on any atom is -0.349 e. The molecule has 0 fully saturated rings. The summed E-state index contributed by atoms with van der Waals surface area (Å²) in [7, 11) is 0. The van der Waals surface area contributed by atoms with Crippen LogP contribution >= 0.6 is 23.1 Å². The van der Waals surface area contributed by atoms with Crippen LogP contribution in [0, 0.1) is 6.92 Å². The van der Waals surface area contributed by atoms with E-state index in [1.54, 1.807) is 11.3 Å². The van der Waals surface area contributed by atoms with Gasteiger partial charge in [0.05, 0.1) is 11.3 Å². The lowest BCUT2D eigenvalue weighted by molar-refractivity contribution is -0.120. The van der Waals surface area contributed by atoms with E-state index in [9.17, 15) is 4.79 Å². The van der Waals surface area contributed by atoms with Crippen LogP contribution < -0.4 is 5.32 Å². The molecular weight excluding hydrogens is 288 g/mol. The van der Waals surface area contributed by atoms with Gasteiger partial charge in [0.1, 0.15) is 0 Å². The maximum Gasteiger partial charge on any atom is 0.233 e. The molecule has 2 rings (SSSR count). The zero-order chi connectivity index (χ0) is 14.5. The van der Waals surface area contributed by atoms with Crippen molar-refractivity contribution in [1.29, 1.82) is 0 Å². The zero-order valence-corrected chi connectivity index (χ0v) is 13.4. The van der Waals surface area contributed by atoms with Crippen LogP contribution in [0.5, 0.6) is 0 Å². The third-order valence-corrected chi connectivity index (χ3v) is 5.09. The molecule has 0 saturated heterocycles. The monoisotopic (exact) mass is 306 g/mol. The summed E-state index contributed by atoms with van der Waals surface area (Å²) in [6, 6.07) is 9.99. The van der Waals surface area contributed by atoms with Crippen LogP contribution in [0.1, 0.15) is 31.1 Å². The van der Waals surface area contributed by atoms with Gasteiger partial charge in [0, 0.05) is 11.1 Å². The lowest BCUT2D eigenvalue weighted by Gasteiger charge is -2.17. The van der Waals surface area contributed by atoms with Gasteiger partial charge in [-0.1, -0.05) is 42.1 Å². The van der Waals surface area contributed by atoms with Gasteiger partial charge in [-0.3, -0.25) is 4.79 Å². The maximum atomic E-state index is 12.2. The number of aryl methyl sites for hydroxylation is 1. The van der Waals surface area contributed by atoms with Gasteiger partial charge < -0.3 is 5.32 Å². The Labute approximate surface area is 127 Å². The van der Waals surface area contributed by atoms with E-state index < -0.39 is 0 Å². The standard InChI is InChI=1S/C15H18N2OS2/c1-10-9-19-15(16-10)20-12(3)14(18)17-11(2)13-7-5-4-6-8-13/h4-9,11-12H,1-3H3,(H,17,18)/t11-,12+/m0/s1. The molecule has 0 aliphatic rings. The van der Waals surface area contributed by atoms with Gasteiger partial charge in [0.25, 0.3) is 0 Å². The number of nitrogens with one attached hydrogen (secondary N) is 1. The Kier molecular flexibility index (Phi) is 5.20. The molecule has 2 atom stereocenters. The van der Waals surface area contributed by atoms with Crippen LogP contribution in [0.4, 0.5) is 0 Å². The van der Waals surface area contributed by atoms with Gasteiger partial charge in [-0.2, -0.15) is 0 Å². The van der Waals surface area contributed by atoms with Crippen LogP contribution in [0.3, 0.4) is 0 Å². The summed E-state index contributed by atoms with van der Waals surface area (Å²) in [5.74, 6) is 0.0409. The van der Waals surface area contributed by atoms with Crippen molar-refractivity contribution in [3.63, 3.8) is 0 Å². The van der Waals surface area contributed by atoms with Crippen molar-refractivity contribution in [2.75, 3.05) is 0 Å². The Balaban J connectivity index is 1.91. The van der Waals surface area contributed by atoms with Crippen molar-refractivity contribution in [2.45, 2.75) is 36.4 Å². The number of thiazole rings is 1. The smallest absolute Gasteiger partial charge is 0.233 e. The number of aromatic nitrogens is 1. The Morgan fingerprint density at radius 2 is 2.00 bits per heavy atom. The van der Waals surface area contributed by atoms with E-state index in [0.29, 0.717) is 0 Å². The van der Waals surface area contributed by atoms with E-state index in [-0.39, 0.29) is 17.2 Å². The van der Waals surface area contributed by atoms with E-state index in [4.69, 9.17) is 0 Å². The van der Waals surface area contributed by atoms with Crippen LogP contribution in [-0.4, -0.2) is 16.1 Å². The molecule has 0 saturated carbocycles. The summed E-state index contributed by atoms with van der Waals surface area (Å²) in [5.41, 5.74) is 2.12. The highest BCUT2D eigenvalue weighted by molar-refractivity contribution is 8.02. The Morgan fingerprint density at radius 1 is 1.30 bits per heavy atom. The summed E-state index contributed by atoms with van der Waals surface area (Å²) < 4.78 is 0.942. The van der Waals surface area contributed by atoms with Crippen molar-refractivity contribution < 1.29 is 4.79 Å². The normalized spacial score (nSPS) is 13.8. The first-order valence-corrected chi connectivity index (χ1v) is 8.26. The number of hydrogen-bond donors (Lipinski definition) is 1. The number of hydrogen-bond acceptors (Lipinski definition) is 4. The van der Waals surface area contributed by atoms with Gasteiger partial charge >= 0.3 is 0 Å². The Hall–Kier alpha value is -1.33. The zero-order valence-electron chi connectivity index (χ0n) is 11.8. The van der Waals surface area contributed by atoms with Crippen LogP contribution in [-0.2, 0) is 4.79 Å². The molecule has 0 radical (unpaired) electrons. The average molecular weight is 306 g/mol. The summed E-state index contributed by atoms with van der Waals surface area (Å²) in [6.45, 7) is 5.87. The lowest BCUT2D eigenvalue weighted by atomic mass is 10.1.